The number of allylic oxidation sites excluding steroid dienone is 4. The highest BCUT2D eigenvalue weighted by Gasteiger charge is 2.24. The van der Waals surface area contributed by atoms with Gasteiger partial charge in [-0.25, -0.2) is 0 Å². The van der Waals surface area contributed by atoms with Gasteiger partial charge in [-0.2, -0.15) is 0 Å². The average Bonchev–Trinajstić information content (AvgIpc) is 2.53. The third-order valence-electron chi connectivity index (χ3n) is 4.07. The molecule has 0 radical (unpaired) electrons. The Morgan fingerprint density at radius 2 is 1.82 bits per heavy atom. The van der Waals surface area contributed by atoms with Gasteiger partial charge in [-0.3, -0.25) is 0 Å². The first-order chi connectivity index (χ1) is 8.16. The summed E-state index contributed by atoms with van der Waals surface area (Å²) in [5, 5.41) is 0. The fourth-order valence-corrected chi connectivity index (χ4v) is 2.98. The van der Waals surface area contributed by atoms with Crippen LogP contribution in [0.1, 0.15) is 59.3 Å². The largest absolute Gasteiger partial charge is 0.0999 e. The van der Waals surface area contributed by atoms with Gasteiger partial charge in [-0.05, 0) is 57.3 Å². The van der Waals surface area contributed by atoms with Crippen LogP contribution in [0.25, 0.3) is 0 Å². The smallest absolute Gasteiger partial charge is 0.0197 e. The molecule has 0 heterocycles. The van der Waals surface area contributed by atoms with Crippen molar-refractivity contribution < 1.29 is 0 Å². The Hall–Kier alpha value is -0.780. The molecule has 0 N–H and O–H groups in total. The molecule has 0 amide bonds. The second kappa shape index (κ2) is 6.83. The van der Waals surface area contributed by atoms with Crippen molar-refractivity contribution in [3.8, 4) is 0 Å². The Balaban J connectivity index is 0.000000686. The summed E-state index contributed by atoms with van der Waals surface area (Å²) in [5.74, 6) is 1.63. The molecule has 0 aliphatic heterocycles. The summed E-state index contributed by atoms with van der Waals surface area (Å²) >= 11 is 0. The van der Waals surface area contributed by atoms with Crippen LogP contribution in [0.5, 0.6) is 0 Å². The van der Waals surface area contributed by atoms with Crippen molar-refractivity contribution in [3.63, 3.8) is 0 Å². The van der Waals surface area contributed by atoms with E-state index in [0.717, 1.165) is 11.8 Å². The number of fused-ring (bicyclic) bond motifs is 1. The molecule has 17 heavy (non-hydrogen) atoms. The monoisotopic (exact) mass is 232 g/mol. The quantitative estimate of drug-likeness (QED) is 0.511. The maximum absolute atomic E-state index is 4.12. The maximum atomic E-state index is 4.12. The van der Waals surface area contributed by atoms with E-state index in [-0.39, 0.29) is 0 Å². The molecular weight excluding hydrogens is 204 g/mol. The summed E-state index contributed by atoms with van der Waals surface area (Å²) in [6, 6.07) is 0. The molecule has 1 saturated carbocycles. The SMILES string of the molecule is C=C1C=C2CCC(C(=C)C)CCC2CC1.CC. The van der Waals surface area contributed by atoms with Crippen LogP contribution in [-0.2, 0) is 0 Å². The lowest BCUT2D eigenvalue weighted by Gasteiger charge is -2.23. The average molecular weight is 232 g/mol. The molecule has 0 aromatic carbocycles. The Morgan fingerprint density at radius 3 is 2.47 bits per heavy atom. The summed E-state index contributed by atoms with van der Waals surface area (Å²) in [6.07, 6.45) is 10.2. The van der Waals surface area contributed by atoms with Crippen LogP contribution in [-0.4, -0.2) is 0 Å². The zero-order valence-corrected chi connectivity index (χ0v) is 11.9. The van der Waals surface area contributed by atoms with Gasteiger partial charge in [-0.1, -0.05) is 49.8 Å². The lowest BCUT2D eigenvalue weighted by atomic mass is 9.83. The summed E-state index contributed by atoms with van der Waals surface area (Å²) in [5.41, 5.74) is 4.40. The van der Waals surface area contributed by atoms with Crippen molar-refractivity contribution in [2.75, 3.05) is 0 Å². The van der Waals surface area contributed by atoms with Crippen LogP contribution in [0.4, 0.5) is 0 Å². The molecule has 0 heteroatoms. The summed E-state index contributed by atoms with van der Waals surface area (Å²) in [7, 11) is 0. The third kappa shape index (κ3) is 3.87. The first-order valence-corrected chi connectivity index (χ1v) is 7.20. The van der Waals surface area contributed by atoms with E-state index in [4.69, 9.17) is 0 Å². The van der Waals surface area contributed by atoms with Crippen LogP contribution in [0.15, 0.2) is 36.0 Å². The topological polar surface area (TPSA) is 0 Å². The predicted molar refractivity (Wildman–Crippen MR) is 78.1 cm³/mol. The molecular formula is C17H28. The van der Waals surface area contributed by atoms with Crippen molar-refractivity contribution in [2.24, 2.45) is 11.8 Å². The molecule has 0 nitrogen and oxygen atoms in total. The second-order valence-corrected chi connectivity index (χ2v) is 5.27. The fraction of sp³-hybridized carbons (Fsp3) is 0.647. The van der Waals surface area contributed by atoms with E-state index in [0.29, 0.717) is 0 Å². The molecule has 2 atom stereocenters. The second-order valence-electron chi connectivity index (χ2n) is 5.27. The van der Waals surface area contributed by atoms with Gasteiger partial charge in [0, 0.05) is 0 Å². The van der Waals surface area contributed by atoms with Crippen LogP contribution in [0.2, 0.25) is 0 Å². The van der Waals surface area contributed by atoms with E-state index in [9.17, 15) is 0 Å². The van der Waals surface area contributed by atoms with Gasteiger partial charge in [-0.15, -0.1) is 0 Å². The van der Waals surface area contributed by atoms with Crippen LogP contribution >= 0.6 is 0 Å². The van der Waals surface area contributed by atoms with E-state index in [2.05, 4.69) is 26.2 Å². The molecule has 96 valence electrons. The zero-order chi connectivity index (χ0) is 12.8. The molecule has 1 fully saturated rings. The molecule has 0 spiro atoms. The van der Waals surface area contributed by atoms with Crippen molar-refractivity contribution in [1.29, 1.82) is 0 Å². The molecule has 0 aromatic heterocycles. The minimum Gasteiger partial charge on any atom is -0.0999 e. The van der Waals surface area contributed by atoms with Gasteiger partial charge in [0.05, 0.1) is 0 Å². The summed E-state index contributed by atoms with van der Waals surface area (Å²) in [6.45, 7) is 14.4. The van der Waals surface area contributed by atoms with Crippen LogP contribution < -0.4 is 0 Å². The minimum absolute atomic E-state index is 0.768. The highest BCUT2D eigenvalue weighted by molar-refractivity contribution is 5.27. The van der Waals surface area contributed by atoms with Crippen molar-refractivity contribution in [1.82, 2.24) is 0 Å². The van der Waals surface area contributed by atoms with Gasteiger partial charge in [0.1, 0.15) is 0 Å². The lowest BCUT2D eigenvalue weighted by molar-refractivity contribution is 0.466. The van der Waals surface area contributed by atoms with E-state index in [1.165, 1.54) is 49.7 Å². The molecule has 0 bridgehead atoms. The molecule has 2 aliphatic carbocycles. The van der Waals surface area contributed by atoms with Gasteiger partial charge >= 0.3 is 0 Å². The van der Waals surface area contributed by atoms with E-state index in [1.54, 1.807) is 5.57 Å². The van der Waals surface area contributed by atoms with E-state index >= 15 is 0 Å². The molecule has 2 aliphatic rings. The van der Waals surface area contributed by atoms with Gasteiger partial charge in [0.25, 0.3) is 0 Å². The van der Waals surface area contributed by atoms with Gasteiger partial charge in [0.2, 0.25) is 0 Å². The van der Waals surface area contributed by atoms with Gasteiger partial charge in [0.15, 0.2) is 0 Å². The first kappa shape index (κ1) is 14.3. The van der Waals surface area contributed by atoms with Crippen molar-refractivity contribution in [2.45, 2.75) is 59.3 Å². The maximum Gasteiger partial charge on any atom is -0.0197 e. The Labute approximate surface area is 108 Å². The van der Waals surface area contributed by atoms with Crippen LogP contribution in [0.3, 0.4) is 0 Å². The highest BCUT2D eigenvalue weighted by atomic mass is 14.3. The Morgan fingerprint density at radius 1 is 1.12 bits per heavy atom. The number of rotatable bonds is 1. The molecule has 0 aromatic rings. The molecule has 2 unspecified atom stereocenters. The number of hydrogen-bond donors (Lipinski definition) is 0. The zero-order valence-electron chi connectivity index (χ0n) is 11.9. The fourth-order valence-electron chi connectivity index (χ4n) is 2.98. The van der Waals surface area contributed by atoms with E-state index in [1.807, 2.05) is 13.8 Å². The highest BCUT2D eigenvalue weighted by Crippen LogP contribution is 2.39. The lowest BCUT2D eigenvalue weighted by Crippen LogP contribution is -2.07. The molecule has 0 saturated heterocycles. The normalized spacial score (nSPS) is 28.2. The van der Waals surface area contributed by atoms with Crippen molar-refractivity contribution >= 4 is 0 Å². The summed E-state index contributed by atoms with van der Waals surface area (Å²) < 4.78 is 0. The summed E-state index contributed by atoms with van der Waals surface area (Å²) in [4.78, 5) is 0. The van der Waals surface area contributed by atoms with Gasteiger partial charge < -0.3 is 0 Å². The standard InChI is InChI=1S/C15H22.C2H6/c1-11(2)13-6-8-14-5-4-12(3)10-15(14)9-7-13;1-2/h10,13-14H,1,3-9H2,2H3;1-2H3. The van der Waals surface area contributed by atoms with Crippen LogP contribution in [0, 0.1) is 11.8 Å². The molecule has 2 rings (SSSR count). The minimum atomic E-state index is 0.768. The Bertz CT molecular complexity index is 306. The third-order valence-corrected chi connectivity index (χ3v) is 4.07. The van der Waals surface area contributed by atoms with Crippen molar-refractivity contribution in [3.05, 3.63) is 36.0 Å². The Kier molecular flexibility index (Phi) is 5.74. The predicted octanol–water partition coefficient (Wildman–Crippen LogP) is 5.67. The first-order valence-electron chi connectivity index (χ1n) is 7.20. The van der Waals surface area contributed by atoms with E-state index < -0.39 is 0 Å². The number of hydrogen-bond acceptors (Lipinski definition) is 0.